The van der Waals surface area contributed by atoms with Crippen molar-refractivity contribution in [2.75, 3.05) is 17.3 Å². The molecule has 0 fully saturated rings. The second kappa shape index (κ2) is 11.5. The Morgan fingerprint density at radius 3 is 2.32 bits per heavy atom. The fraction of sp³-hybridized carbons (Fsp3) is 0.148. The van der Waals surface area contributed by atoms with Crippen molar-refractivity contribution in [2.45, 2.75) is 19.4 Å². The van der Waals surface area contributed by atoms with Crippen LogP contribution in [0.5, 0.6) is 0 Å². The van der Waals surface area contributed by atoms with Crippen molar-refractivity contribution in [1.29, 1.82) is 0 Å². The van der Waals surface area contributed by atoms with Crippen LogP contribution in [0.15, 0.2) is 96.7 Å². The summed E-state index contributed by atoms with van der Waals surface area (Å²) in [4.78, 5) is 28.1. The maximum absolute atomic E-state index is 13.7. The Labute approximate surface area is 199 Å². The summed E-state index contributed by atoms with van der Waals surface area (Å²) >= 11 is 0. The number of benzene rings is 3. The predicted molar refractivity (Wildman–Crippen MR) is 133 cm³/mol. The summed E-state index contributed by atoms with van der Waals surface area (Å²) in [6, 6.07) is 21.7. The van der Waals surface area contributed by atoms with Crippen LogP contribution in [0.4, 0.5) is 16.2 Å². The lowest BCUT2D eigenvalue weighted by Gasteiger charge is -2.32. The Hall–Kier alpha value is -4.39. The third-order valence-corrected chi connectivity index (χ3v) is 5.34. The molecule has 1 unspecified atom stereocenters. The molecule has 1 atom stereocenters. The summed E-state index contributed by atoms with van der Waals surface area (Å²) < 4.78 is 5.11. The van der Waals surface area contributed by atoms with Crippen molar-refractivity contribution in [1.82, 2.24) is 0 Å². The molecule has 0 saturated heterocycles. The molecule has 7 heteroatoms. The van der Waals surface area contributed by atoms with Gasteiger partial charge in [0.2, 0.25) is 0 Å². The predicted octanol–water partition coefficient (Wildman–Crippen LogP) is 5.57. The molecule has 0 aliphatic rings. The molecule has 0 aliphatic carbocycles. The van der Waals surface area contributed by atoms with Crippen LogP contribution in [0, 0.1) is 0 Å². The number of rotatable bonds is 8. The van der Waals surface area contributed by atoms with E-state index in [1.165, 1.54) is 12.0 Å². The van der Waals surface area contributed by atoms with E-state index >= 15 is 0 Å². The topological polar surface area (TPSA) is 91.2 Å². The number of amides is 2. The summed E-state index contributed by atoms with van der Waals surface area (Å²) in [5.74, 6) is -0.570. The molecule has 0 bridgehead atoms. The lowest BCUT2D eigenvalue weighted by Crippen LogP contribution is -2.42. The average Bonchev–Trinajstić information content (AvgIpc) is 2.88. The highest BCUT2D eigenvalue weighted by Crippen LogP contribution is 2.32. The Balaban J connectivity index is 2.08. The van der Waals surface area contributed by atoms with Gasteiger partial charge in [0, 0.05) is 5.69 Å². The summed E-state index contributed by atoms with van der Waals surface area (Å²) in [6.07, 6.45) is 2.26. The van der Waals surface area contributed by atoms with Crippen LogP contribution in [0.25, 0.3) is 0 Å². The maximum atomic E-state index is 13.7. The molecule has 0 saturated carbocycles. The van der Waals surface area contributed by atoms with Gasteiger partial charge in [0.1, 0.15) is 0 Å². The molecule has 0 aliphatic heterocycles. The summed E-state index contributed by atoms with van der Waals surface area (Å²) in [7, 11) is 1.30. The first-order valence-corrected chi connectivity index (χ1v) is 10.7. The highest BCUT2D eigenvalue weighted by Gasteiger charge is 2.34. The second-order valence-corrected chi connectivity index (χ2v) is 7.52. The number of ether oxygens (including phenoxy) is 1. The number of carbonyl (C=O) groups is 2. The monoisotopic (exact) mass is 457 g/mol. The maximum Gasteiger partial charge on any atom is 0.333 e. The van der Waals surface area contributed by atoms with Crippen molar-refractivity contribution in [2.24, 2.45) is 5.16 Å². The molecule has 3 aromatic carbocycles. The summed E-state index contributed by atoms with van der Waals surface area (Å²) in [6.45, 7) is 5.49. The van der Waals surface area contributed by atoms with Crippen LogP contribution < -0.4 is 10.2 Å². The van der Waals surface area contributed by atoms with Gasteiger partial charge in [-0.1, -0.05) is 71.9 Å². The fourth-order valence-electron chi connectivity index (χ4n) is 3.61. The molecule has 0 radical (unpaired) electrons. The van der Waals surface area contributed by atoms with Gasteiger partial charge in [0.05, 0.1) is 18.5 Å². The number of methoxy groups -OCH3 is 1. The minimum atomic E-state index is -1.01. The zero-order valence-electron chi connectivity index (χ0n) is 19.1. The smallest absolute Gasteiger partial charge is 0.333 e. The molecule has 3 aromatic rings. The number of carbonyl (C=O) groups excluding carboxylic acids is 2. The lowest BCUT2D eigenvalue weighted by molar-refractivity contribution is -0.142. The van der Waals surface area contributed by atoms with Crippen molar-refractivity contribution in [3.8, 4) is 0 Å². The van der Waals surface area contributed by atoms with E-state index in [0.717, 1.165) is 5.56 Å². The van der Waals surface area contributed by atoms with E-state index in [0.29, 0.717) is 34.6 Å². The van der Waals surface area contributed by atoms with Crippen molar-refractivity contribution < 1.29 is 19.5 Å². The largest absolute Gasteiger partial charge is 0.467 e. The van der Waals surface area contributed by atoms with Crippen LogP contribution in [-0.2, 0) is 16.0 Å². The van der Waals surface area contributed by atoms with E-state index in [1.807, 2.05) is 24.3 Å². The van der Waals surface area contributed by atoms with Gasteiger partial charge in [0.15, 0.2) is 6.04 Å². The highest BCUT2D eigenvalue weighted by atomic mass is 16.5. The highest BCUT2D eigenvalue weighted by molar-refractivity contribution is 6.06. The SMILES string of the molecule is C=CCc1ccccc1N(C(=O)Nc1ccc(C(C)=NO)cc1)C(C(=O)OC)c1ccccc1. The molecular formula is C27H27N3O4. The van der Waals surface area contributed by atoms with Gasteiger partial charge < -0.3 is 15.3 Å². The van der Waals surface area contributed by atoms with E-state index in [4.69, 9.17) is 9.94 Å². The van der Waals surface area contributed by atoms with E-state index in [2.05, 4.69) is 17.1 Å². The summed E-state index contributed by atoms with van der Waals surface area (Å²) in [5.41, 5.74) is 3.70. The first-order valence-electron chi connectivity index (χ1n) is 10.7. The standard InChI is InChI=1S/C27H27N3O4/c1-4-10-21-11-8-9-14-24(21)30(25(26(31)34-3)22-12-6-5-7-13-22)27(32)28-23-17-15-20(16-18-23)19(2)29-33/h4-9,11-18,25,33H,1,10H2,2-3H3,(H,28,32). The lowest BCUT2D eigenvalue weighted by atomic mass is 10.0. The Bertz CT molecular complexity index is 1170. The molecule has 174 valence electrons. The van der Waals surface area contributed by atoms with Crippen molar-refractivity contribution in [3.05, 3.63) is 108 Å². The number of para-hydroxylation sites is 1. The van der Waals surface area contributed by atoms with Gasteiger partial charge in [0.25, 0.3) is 0 Å². The normalized spacial score (nSPS) is 11.9. The minimum Gasteiger partial charge on any atom is -0.467 e. The van der Waals surface area contributed by atoms with Crippen LogP contribution in [0.3, 0.4) is 0 Å². The number of nitrogens with one attached hydrogen (secondary N) is 1. The van der Waals surface area contributed by atoms with Gasteiger partial charge in [-0.25, -0.2) is 9.59 Å². The molecule has 34 heavy (non-hydrogen) atoms. The average molecular weight is 458 g/mol. The molecule has 7 nitrogen and oxygen atoms in total. The van der Waals surface area contributed by atoms with Crippen LogP contribution in [0.1, 0.15) is 29.7 Å². The number of allylic oxidation sites excluding steroid dienone is 1. The van der Waals surface area contributed by atoms with Crippen molar-refractivity contribution in [3.63, 3.8) is 0 Å². The second-order valence-electron chi connectivity index (χ2n) is 7.52. The number of oxime groups is 1. The molecule has 0 aromatic heterocycles. The van der Waals surface area contributed by atoms with Gasteiger partial charge in [-0.15, -0.1) is 6.58 Å². The number of hydrogen-bond acceptors (Lipinski definition) is 5. The Kier molecular flexibility index (Phi) is 8.18. The quantitative estimate of drug-likeness (QED) is 0.152. The summed E-state index contributed by atoms with van der Waals surface area (Å²) in [5, 5.41) is 15.0. The van der Waals surface area contributed by atoms with E-state index in [1.54, 1.807) is 67.6 Å². The fourth-order valence-corrected chi connectivity index (χ4v) is 3.61. The molecule has 0 heterocycles. The Morgan fingerprint density at radius 2 is 1.71 bits per heavy atom. The molecule has 2 N–H and O–H groups in total. The first kappa shape index (κ1) is 24.3. The van der Waals surface area contributed by atoms with E-state index in [9.17, 15) is 9.59 Å². The number of nitrogens with zero attached hydrogens (tertiary/aromatic N) is 2. The number of urea groups is 1. The van der Waals surface area contributed by atoms with Gasteiger partial charge in [-0.05, 0) is 48.2 Å². The molecule has 0 spiro atoms. The van der Waals surface area contributed by atoms with Gasteiger partial charge >= 0.3 is 12.0 Å². The number of hydrogen-bond donors (Lipinski definition) is 2. The Morgan fingerprint density at radius 1 is 1.06 bits per heavy atom. The van der Waals surface area contributed by atoms with Crippen LogP contribution in [0.2, 0.25) is 0 Å². The van der Waals surface area contributed by atoms with Crippen LogP contribution >= 0.6 is 0 Å². The zero-order chi connectivity index (χ0) is 24.5. The molecular weight excluding hydrogens is 430 g/mol. The third-order valence-electron chi connectivity index (χ3n) is 5.34. The molecule has 2 amide bonds. The van der Waals surface area contributed by atoms with E-state index in [-0.39, 0.29) is 0 Å². The first-order chi connectivity index (χ1) is 16.5. The van der Waals surface area contributed by atoms with Gasteiger partial charge in [-0.3, -0.25) is 4.90 Å². The van der Waals surface area contributed by atoms with Crippen molar-refractivity contribution >= 4 is 29.1 Å². The third kappa shape index (κ3) is 5.50. The zero-order valence-corrected chi connectivity index (χ0v) is 19.1. The van der Waals surface area contributed by atoms with E-state index < -0.39 is 18.0 Å². The number of esters is 1. The van der Waals surface area contributed by atoms with Gasteiger partial charge in [-0.2, -0.15) is 0 Å². The number of anilines is 2. The minimum absolute atomic E-state index is 0.452. The molecule has 3 rings (SSSR count). The van der Waals surface area contributed by atoms with Crippen LogP contribution in [-0.4, -0.2) is 30.0 Å².